The molecular formula is C15H18ClFN2. The number of hydrogen-bond donors (Lipinski definition) is 0. The van der Waals surface area contributed by atoms with Gasteiger partial charge < -0.3 is 4.57 Å². The van der Waals surface area contributed by atoms with Crippen LogP contribution < -0.4 is 0 Å². The lowest BCUT2D eigenvalue weighted by Gasteiger charge is -2.19. The Balaban J connectivity index is 2.11. The standard InChI is InChI=1S/C15H18ClFN2/c1-15(2)6-5-11(8-15)19-13-4-3-10(17)7-12(13)18-14(19)9-16/h3-4,7,11H,5-6,8-9H2,1-2H3. The molecule has 1 aliphatic rings. The smallest absolute Gasteiger partial charge is 0.125 e. The van der Waals surface area contributed by atoms with E-state index in [0.717, 1.165) is 24.2 Å². The van der Waals surface area contributed by atoms with Crippen molar-refractivity contribution in [1.82, 2.24) is 9.55 Å². The second-order valence-corrected chi connectivity index (χ2v) is 6.49. The van der Waals surface area contributed by atoms with Crippen molar-refractivity contribution in [2.24, 2.45) is 5.41 Å². The maximum absolute atomic E-state index is 13.3. The van der Waals surface area contributed by atoms with Crippen LogP contribution in [0.2, 0.25) is 0 Å². The third-order valence-corrected chi connectivity index (χ3v) is 4.39. The maximum atomic E-state index is 13.3. The van der Waals surface area contributed by atoms with Crippen molar-refractivity contribution in [2.45, 2.75) is 45.0 Å². The molecule has 1 aromatic heterocycles. The fourth-order valence-corrected chi connectivity index (χ4v) is 3.43. The van der Waals surface area contributed by atoms with E-state index < -0.39 is 0 Å². The summed E-state index contributed by atoms with van der Waals surface area (Å²) >= 11 is 6.02. The Hall–Kier alpha value is -1.09. The predicted molar refractivity (Wildman–Crippen MR) is 75.9 cm³/mol. The average molecular weight is 281 g/mol. The SMILES string of the molecule is CC1(C)CCC(n2c(CCl)nc3cc(F)ccc32)C1. The van der Waals surface area contributed by atoms with Gasteiger partial charge in [-0.2, -0.15) is 0 Å². The molecule has 1 fully saturated rings. The van der Waals surface area contributed by atoms with E-state index in [1.54, 1.807) is 0 Å². The lowest BCUT2D eigenvalue weighted by atomic mass is 9.92. The first-order chi connectivity index (χ1) is 9.00. The molecule has 1 saturated carbocycles. The van der Waals surface area contributed by atoms with E-state index in [-0.39, 0.29) is 5.82 Å². The molecule has 0 N–H and O–H groups in total. The number of nitrogens with zero attached hydrogens (tertiary/aromatic N) is 2. The zero-order valence-corrected chi connectivity index (χ0v) is 12.0. The molecule has 1 aliphatic carbocycles. The molecule has 1 aromatic carbocycles. The summed E-state index contributed by atoms with van der Waals surface area (Å²) in [7, 11) is 0. The quantitative estimate of drug-likeness (QED) is 0.731. The number of fused-ring (bicyclic) bond motifs is 1. The minimum Gasteiger partial charge on any atom is -0.324 e. The van der Waals surface area contributed by atoms with E-state index in [0.29, 0.717) is 22.9 Å². The molecule has 0 radical (unpaired) electrons. The Morgan fingerprint density at radius 1 is 1.47 bits per heavy atom. The van der Waals surface area contributed by atoms with Crippen molar-refractivity contribution in [3.63, 3.8) is 0 Å². The number of benzene rings is 1. The number of rotatable bonds is 2. The third-order valence-electron chi connectivity index (χ3n) is 4.15. The van der Waals surface area contributed by atoms with E-state index in [2.05, 4.69) is 23.4 Å². The lowest BCUT2D eigenvalue weighted by molar-refractivity contribution is 0.359. The Morgan fingerprint density at radius 3 is 2.89 bits per heavy atom. The summed E-state index contributed by atoms with van der Waals surface area (Å²) < 4.78 is 15.5. The molecule has 19 heavy (non-hydrogen) atoms. The Bertz CT molecular complexity index is 618. The largest absolute Gasteiger partial charge is 0.324 e. The molecule has 3 rings (SSSR count). The molecule has 1 heterocycles. The molecule has 0 spiro atoms. The van der Waals surface area contributed by atoms with Crippen molar-refractivity contribution < 1.29 is 4.39 Å². The van der Waals surface area contributed by atoms with Crippen LogP contribution in [0.3, 0.4) is 0 Å². The summed E-state index contributed by atoms with van der Waals surface area (Å²) in [6.07, 6.45) is 3.47. The molecule has 1 atom stereocenters. The zero-order valence-electron chi connectivity index (χ0n) is 11.3. The summed E-state index contributed by atoms with van der Waals surface area (Å²) in [6, 6.07) is 5.24. The minimum atomic E-state index is -0.245. The molecule has 4 heteroatoms. The van der Waals surface area contributed by atoms with Crippen LogP contribution in [-0.4, -0.2) is 9.55 Å². The number of hydrogen-bond acceptors (Lipinski definition) is 1. The van der Waals surface area contributed by atoms with E-state index in [9.17, 15) is 4.39 Å². The first-order valence-electron chi connectivity index (χ1n) is 6.72. The number of alkyl halides is 1. The van der Waals surface area contributed by atoms with Gasteiger partial charge in [-0.1, -0.05) is 13.8 Å². The first kappa shape index (κ1) is 12.9. The van der Waals surface area contributed by atoms with Gasteiger partial charge in [0.05, 0.1) is 16.9 Å². The maximum Gasteiger partial charge on any atom is 0.125 e. The predicted octanol–water partition coefficient (Wildman–Crippen LogP) is 4.67. The summed E-state index contributed by atoms with van der Waals surface area (Å²) in [5.74, 6) is 0.975. The normalized spacial score (nSPS) is 22.2. The van der Waals surface area contributed by atoms with Crippen molar-refractivity contribution in [3.8, 4) is 0 Å². The third kappa shape index (κ3) is 2.25. The summed E-state index contributed by atoms with van der Waals surface area (Å²) in [5, 5.41) is 0. The highest BCUT2D eigenvalue weighted by Crippen LogP contribution is 2.45. The van der Waals surface area contributed by atoms with Gasteiger partial charge in [-0.05, 0) is 36.8 Å². The first-order valence-corrected chi connectivity index (χ1v) is 7.26. The topological polar surface area (TPSA) is 17.8 Å². The van der Waals surface area contributed by atoms with Gasteiger partial charge in [0.1, 0.15) is 11.6 Å². The fourth-order valence-electron chi connectivity index (χ4n) is 3.24. The van der Waals surface area contributed by atoms with Crippen molar-refractivity contribution in [2.75, 3.05) is 0 Å². The van der Waals surface area contributed by atoms with Gasteiger partial charge in [-0.3, -0.25) is 0 Å². The van der Waals surface area contributed by atoms with E-state index in [1.807, 2.05) is 6.07 Å². The molecule has 0 aliphatic heterocycles. The Labute approximate surface area is 117 Å². The monoisotopic (exact) mass is 280 g/mol. The lowest BCUT2D eigenvalue weighted by Crippen LogP contribution is -2.11. The molecule has 102 valence electrons. The molecule has 2 aromatic rings. The molecular weight excluding hydrogens is 263 g/mol. The molecule has 0 saturated heterocycles. The van der Waals surface area contributed by atoms with Crippen LogP contribution in [0.4, 0.5) is 4.39 Å². The van der Waals surface area contributed by atoms with Gasteiger partial charge in [0, 0.05) is 12.1 Å². The van der Waals surface area contributed by atoms with Crippen LogP contribution in [0, 0.1) is 11.2 Å². The molecule has 2 nitrogen and oxygen atoms in total. The molecule has 0 amide bonds. The van der Waals surface area contributed by atoms with Crippen LogP contribution in [0.15, 0.2) is 18.2 Å². The Morgan fingerprint density at radius 2 is 2.26 bits per heavy atom. The van der Waals surface area contributed by atoms with E-state index in [1.165, 1.54) is 18.6 Å². The highest BCUT2D eigenvalue weighted by molar-refractivity contribution is 6.16. The highest BCUT2D eigenvalue weighted by Gasteiger charge is 2.33. The Kier molecular flexibility index (Phi) is 3.05. The van der Waals surface area contributed by atoms with Gasteiger partial charge in [0.2, 0.25) is 0 Å². The van der Waals surface area contributed by atoms with Crippen LogP contribution >= 0.6 is 11.6 Å². The van der Waals surface area contributed by atoms with Crippen LogP contribution in [0.5, 0.6) is 0 Å². The minimum absolute atomic E-state index is 0.245. The van der Waals surface area contributed by atoms with E-state index in [4.69, 9.17) is 11.6 Å². The summed E-state index contributed by atoms with van der Waals surface area (Å²) in [4.78, 5) is 4.48. The molecule has 1 unspecified atom stereocenters. The average Bonchev–Trinajstić information content (AvgIpc) is 2.88. The number of imidazole rings is 1. The van der Waals surface area contributed by atoms with E-state index >= 15 is 0 Å². The second kappa shape index (κ2) is 4.48. The van der Waals surface area contributed by atoms with Gasteiger partial charge in [0.25, 0.3) is 0 Å². The second-order valence-electron chi connectivity index (χ2n) is 6.23. The fraction of sp³-hybridized carbons (Fsp3) is 0.533. The summed E-state index contributed by atoms with van der Waals surface area (Å²) in [6.45, 7) is 4.60. The number of aromatic nitrogens is 2. The van der Waals surface area contributed by atoms with Gasteiger partial charge in [-0.15, -0.1) is 11.6 Å². The van der Waals surface area contributed by atoms with Gasteiger partial charge in [0.15, 0.2) is 0 Å². The van der Waals surface area contributed by atoms with Gasteiger partial charge in [-0.25, -0.2) is 9.37 Å². The zero-order chi connectivity index (χ0) is 13.6. The van der Waals surface area contributed by atoms with Crippen molar-refractivity contribution in [1.29, 1.82) is 0 Å². The van der Waals surface area contributed by atoms with Crippen molar-refractivity contribution in [3.05, 3.63) is 29.8 Å². The molecule has 0 bridgehead atoms. The van der Waals surface area contributed by atoms with Crippen LogP contribution in [0.25, 0.3) is 11.0 Å². The number of halogens is 2. The van der Waals surface area contributed by atoms with Crippen LogP contribution in [-0.2, 0) is 5.88 Å². The summed E-state index contributed by atoms with van der Waals surface area (Å²) in [5.41, 5.74) is 2.07. The highest BCUT2D eigenvalue weighted by atomic mass is 35.5. The van der Waals surface area contributed by atoms with Crippen LogP contribution in [0.1, 0.15) is 45.0 Å². The van der Waals surface area contributed by atoms with Gasteiger partial charge >= 0.3 is 0 Å². The van der Waals surface area contributed by atoms with Crippen molar-refractivity contribution >= 4 is 22.6 Å².